The van der Waals surface area contributed by atoms with Gasteiger partial charge >= 0.3 is 0 Å². The lowest BCUT2D eigenvalue weighted by molar-refractivity contribution is -0.385. The molecule has 0 saturated heterocycles. The SMILES string of the molecule is CC(C)CC(O)Cc1ccc([N+](=O)[O-])cn1. The van der Waals surface area contributed by atoms with Crippen molar-refractivity contribution in [3.63, 3.8) is 0 Å². The van der Waals surface area contributed by atoms with Crippen LogP contribution in [0.4, 0.5) is 5.69 Å². The summed E-state index contributed by atoms with van der Waals surface area (Å²) in [6.45, 7) is 4.07. The Balaban J connectivity index is 2.58. The molecule has 88 valence electrons. The first-order valence-electron chi connectivity index (χ1n) is 5.26. The first-order valence-corrected chi connectivity index (χ1v) is 5.26. The van der Waals surface area contributed by atoms with Crippen molar-refractivity contribution in [2.45, 2.75) is 32.8 Å². The molecule has 1 heterocycles. The lowest BCUT2D eigenvalue weighted by Gasteiger charge is -2.11. The maximum atomic E-state index is 10.4. The monoisotopic (exact) mass is 224 g/mol. The summed E-state index contributed by atoms with van der Waals surface area (Å²) in [6.07, 6.45) is 1.93. The Bertz CT molecular complexity index is 349. The molecule has 16 heavy (non-hydrogen) atoms. The molecule has 0 saturated carbocycles. The number of pyridine rings is 1. The smallest absolute Gasteiger partial charge is 0.287 e. The quantitative estimate of drug-likeness (QED) is 0.612. The highest BCUT2D eigenvalue weighted by atomic mass is 16.6. The standard InChI is InChI=1S/C11H16N2O3/c1-8(2)5-11(14)6-9-3-4-10(7-12-9)13(15)16/h3-4,7-8,11,14H,5-6H2,1-2H3. The van der Waals surface area contributed by atoms with Crippen LogP contribution in [0, 0.1) is 16.0 Å². The molecular formula is C11H16N2O3. The Morgan fingerprint density at radius 1 is 1.50 bits per heavy atom. The molecular weight excluding hydrogens is 208 g/mol. The number of hydrogen-bond acceptors (Lipinski definition) is 4. The molecule has 1 unspecified atom stereocenters. The zero-order valence-corrected chi connectivity index (χ0v) is 9.46. The molecule has 5 heteroatoms. The minimum atomic E-state index is -0.485. The lowest BCUT2D eigenvalue weighted by Crippen LogP contribution is -2.14. The van der Waals surface area contributed by atoms with Gasteiger partial charge in [0.1, 0.15) is 6.20 Å². The van der Waals surface area contributed by atoms with Crippen molar-refractivity contribution < 1.29 is 10.0 Å². The summed E-state index contributed by atoms with van der Waals surface area (Å²) in [7, 11) is 0. The van der Waals surface area contributed by atoms with Crippen LogP contribution in [0.2, 0.25) is 0 Å². The number of nitro groups is 1. The van der Waals surface area contributed by atoms with E-state index in [2.05, 4.69) is 4.98 Å². The zero-order valence-electron chi connectivity index (χ0n) is 9.46. The molecule has 1 aromatic heterocycles. The average molecular weight is 224 g/mol. The first-order chi connectivity index (χ1) is 7.49. The molecule has 0 fully saturated rings. The Hall–Kier alpha value is -1.49. The van der Waals surface area contributed by atoms with Gasteiger partial charge in [0.25, 0.3) is 5.69 Å². The van der Waals surface area contributed by atoms with E-state index in [4.69, 9.17) is 0 Å². The van der Waals surface area contributed by atoms with Crippen LogP contribution in [0.15, 0.2) is 18.3 Å². The minimum Gasteiger partial charge on any atom is -0.393 e. The van der Waals surface area contributed by atoms with E-state index in [0.717, 1.165) is 0 Å². The number of aromatic nitrogens is 1. The highest BCUT2D eigenvalue weighted by molar-refractivity contribution is 5.26. The van der Waals surface area contributed by atoms with Crippen molar-refractivity contribution in [3.8, 4) is 0 Å². The minimum absolute atomic E-state index is 0.0258. The summed E-state index contributed by atoms with van der Waals surface area (Å²) >= 11 is 0. The predicted molar refractivity (Wildman–Crippen MR) is 60.1 cm³/mol. The largest absolute Gasteiger partial charge is 0.393 e. The van der Waals surface area contributed by atoms with Crippen molar-refractivity contribution in [1.82, 2.24) is 4.98 Å². The maximum absolute atomic E-state index is 10.4. The maximum Gasteiger partial charge on any atom is 0.287 e. The molecule has 1 rings (SSSR count). The Morgan fingerprint density at radius 3 is 2.62 bits per heavy atom. The lowest BCUT2D eigenvalue weighted by atomic mass is 10.0. The molecule has 0 radical (unpaired) electrons. The molecule has 0 amide bonds. The van der Waals surface area contributed by atoms with E-state index >= 15 is 0 Å². The van der Waals surface area contributed by atoms with Gasteiger partial charge in [-0.15, -0.1) is 0 Å². The highest BCUT2D eigenvalue weighted by Gasteiger charge is 2.10. The third-order valence-corrected chi connectivity index (χ3v) is 2.21. The third kappa shape index (κ3) is 3.94. The molecule has 0 aliphatic rings. The van der Waals surface area contributed by atoms with Crippen LogP contribution in [0.1, 0.15) is 26.0 Å². The average Bonchev–Trinajstić information content (AvgIpc) is 2.16. The summed E-state index contributed by atoms with van der Waals surface area (Å²) in [4.78, 5) is 13.9. The van der Waals surface area contributed by atoms with Gasteiger partial charge in [-0.05, 0) is 18.4 Å². The molecule has 0 aromatic carbocycles. The van der Waals surface area contributed by atoms with Gasteiger partial charge in [0, 0.05) is 18.2 Å². The van der Waals surface area contributed by atoms with Gasteiger partial charge in [-0.25, -0.2) is 0 Å². The van der Waals surface area contributed by atoms with Gasteiger partial charge in [-0.3, -0.25) is 15.1 Å². The fourth-order valence-electron chi connectivity index (χ4n) is 1.51. The van der Waals surface area contributed by atoms with Crippen LogP contribution < -0.4 is 0 Å². The fraction of sp³-hybridized carbons (Fsp3) is 0.545. The van der Waals surface area contributed by atoms with Crippen LogP contribution >= 0.6 is 0 Å². The number of rotatable bonds is 5. The van der Waals surface area contributed by atoms with E-state index in [1.165, 1.54) is 12.3 Å². The zero-order chi connectivity index (χ0) is 12.1. The molecule has 0 aliphatic heterocycles. The predicted octanol–water partition coefficient (Wildman–Crippen LogP) is 1.94. The van der Waals surface area contributed by atoms with E-state index in [1.807, 2.05) is 13.8 Å². The number of aliphatic hydroxyl groups excluding tert-OH is 1. The van der Waals surface area contributed by atoms with E-state index in [1.54, 1.807) is 6.07 Å². The van der Waals surface area contributed by atoms with Crippen molar-refractivity contribution in [2.24, 2.45) is 5.92 Å². The summed E-state index contributed by atoms with van der Waals surface area (Å²) in [5, 5.41) is 20.1. The van der Waals surface area contributed by atoms with Crippen molar-refractivity contribution >= 4 is 5.69 Å². The summed E-state index contributed by atoms with van der Waals surface area (Å²) in [6, 6.07) is 2.99. The van der Waals surface area contributed by atoms with Crippen molar-refractivity contribution in [1.29, 1.82) is 0 Å². The molecule has 0 aliphatic carbocycles. The van der Waals surface area contributed by atoms with Gasteiger partial charge in [-0.1, -0.05) is 13.8 Å². The van der Waals surface area contributed by atoms with Crippen molar-refractivity contribution in [3.05, 3.63) is 34.1 Å². The van der Waals surface area contributed by atoms with Gasteiger partial charge in [0.2, 0.25) is 0 Å². The second-order valence-corrected chi connectivity index (χ2v) is 4.25. The van der Waals surface area contributed by atoms with Gasteiger partial charge in [0.15, 0.2) is 0 Å². The van der Waals surface area contributed by atoms with Gasteiger partial charge in [0.05, 0.1) is 11.0 Å². The molecule has 5 nitrogen and oxygen atoms in total. The normalized spacial score (nSPS) is 12.8. The van der Waals surface area contributed by atoms with E-state index in [9.17, 15) is 15.2 Å². The molecule has 1 N–H and O–H groups in total. The molecule has 1 aromatic rings. The summed E-state index contributed by atoms with van der Waals surface area (Å²) in [5.41, 5.74) is 0.654. The summed E-state index contributed by atoms with van der Waals surface area (Å²) < 4.78 is 0. The second kappa shape index (κ2) is 5.55. The van der Waals surface area contributed by atoms with Crippen LogP contribution in [-0.4, -0.2) is 21.1 Å². The highest BCUT2D eigenvalue weighted by Crippen LogP contribution is 2.12. The summed E-state index contributed by atoms with van der Waals surface area (Å²) in [5.74, 6) is 0.424. The molecule has 0 spiro atoms. The Kier molecular flexibility index (Phi) is 4.37. The van der Waals surface area contributed by atoms with E-state index in [0.29, 0.717) is 24.5 Å². The van der Waals surface area contributed by atoms with Gasteiger partial charge in [-0.2, -0.15) is 0 Å². The molecule has 0 bridgehead atoms. The van der Waals surface area contributed by atoms with Crippen LogP contribution in [0.25, 0.3) is 0 Å². The molecule has 1 atom stereocenters. The first kappa shape index (κ1) is 12.6. The van der Waals surface area contributed by atoms with E-state index < -0.39 is 11.0 Å². The van der Waals surface area contributed by atoms with Crippen LogP contribution in [0.3, 0.4) is 0 Å². The Morgan fingerprint density at radius 2 is 2.19 bits per heavy atom. The number of hydrogen-bond donors (Lipinski definition) is 1. The van der Waals surface area contributed by atoms with E-state index in [-0.39, 0.29) is 5.69 Å². The van der Waals surface area contributed by atoms with Crippen LogP contribution in [-0.2, 0) is 6.42 Å². The fourth-order valence-corrected chi connectivity index (χ4v) is 1.51. The second-order valence-electron chi connectivity index (χ2n) is 4.25. The Labute approximate surface area is 94.3 Å². The number of nitrogens with zero attached hydrogens (tertiary/aromatic N) is 2. The van der Waals surface area contributed by atoms with Crippen molar-refractivity contribution in [2.75, 3.05) is 0 Å². The van der Waals surface area contributed by atoms with Crippen LogP contribution in [0.5, 0.6) is 0 Å². The number of aliphatic hydroxyl groups is 1. The van der Waals surface area contributed by atoms with Gasteiger partial charge < -0.3 is 5.11 Å². The third-order valence-electron chi connectivity index (χ3n) is 2.21. The topological polar surface area (TPSA) is 76.3 Å².